The minimum absolute atomic E-state index is 0.152. The minimum atomic E-state index is -3.66. The molecule has 0 saturated heterocycles. The van der Waals surface area contributed by atoms with Gasteiger partial charge in [-0.3, -0.25) is 4.72 Å². The molecule has 0 spiro atoms. The molecule has 0 amide bonds. The number of anilines is 1. The lowest BCUT2D eigenvalue weighted by molar-refractivity contribution is 0.267. The summed E-state index contributed by atoms with van der Waals surface area (Å²) in [5.74, 6) is 0.539. The maximum Gasteiger partial charge on any atom is 0.273 e. The molecular weight excluding hydrogens is 312 g/mol. The van der Waals surface area contributed by atoms with Gasteiger partial charge in [0.1, 0.15) is 5.75 Å². The van der Waals surface area contributed by atoms with Crippen molar-refractivity contribution in [3.8, 4) is 5.75 Å². The van der Waals surface area contributed by atoms with E-state index in [4.69, 9.17) is 4.74 Å². The van der Waals surface area contributed by atoms with Gasteiger partial charge in [0, 0.05) is 11.3 Å². The van der Waals surface area contributed by atoms with Crippen LogP contribution in [0, 0.1) is 6.92 Å². The zero-order valence-corrected chi connectivity index (χ0v) is 13.3. The number of aliphatic hydroxyl groups excluding tert-OH is 1. The van der Waals surface area contributed by atoms with Gasteiger partial charge in [0.05, 0.1) is 24.4 Å². The van der Waals surface area contributed by atoms with Crippen LogP contribution in [0.15, 0.2) is 28.6 Å². The summed E-state index contributed by atoms with van der Waals surface area (Å²) >= 11 is 1.10. The standard InChI is InChI=1S/C13H16N2O4S2/c1-3-19-12-5-4-11(6-10(12)8-16)15-21(17,18)13-7-14-9(2)20-13/h4-7,15-16H,3,8H2,1-2H3. The molecular formula is C13H16N2O4S2. The van der Waals surface area contributed by atoms with Gasteiger partial charge in [-0.15, -0.1) is 11.3 Å². The first-order valence-electron chi connectivity index (χ1n) is 6.28. The first-order chi connectivity index (χ1) is 9.96. The topological polar surface area (TPSA) is 88.5 Å². The van der Waals surface area contributed by atoms with Gasteiger partial charge in [0.2, 0.25) is 0 Å². The third-order valence-electron chi connectivity index (χ3n) is 2.65. The van der Waals surface area contributed by atoms with Crippen molar-refractivity contribution in [2.75, 3.05) is 11.3 Å². The van der Waals surface area contributed by atoms with Crippen LogP contribution in [-0.2, 0) is 16.6 Å². The summed E-state index contributed by atoms with van der Waals surface area (Å²) in [6.07, 6.45) is 1.32. The molecule has 0 unspecified atom stereocenters. The van der Waals surface area contributed by atoms with Crippen LogP contribution in [-0.4, -0.2) is 25.1 Å². The molecule has 1 heterocycles. The minimum Gasteiger partial charge on any atom is -0.494 e. The zero-order chi connectivity index (χ0) is 15.5. The normalized spacial score (nSPS) is 11.4. The van der Waals surface area contributed by atoms with Gasteiger partial charge in [0.15, 0.2) is 4.21 Å². The van der Waals surface area contributed by atoms with Crippen LogP contribution < -0.4 is 9.46 Å². The molecule has 0 atom stereocenters. The summed E-state index contributed by atoms with van der Waals surface area (Å²) < 4.78 is 32.4. The highest BCUT2D eigenvalue weighted by molar-refractivity contribution is 7.94. The number of hydrogen-bond donors (Lipinski definition) is 2. The second kappa shape index (κ2) is 6.42. The molecule has 2 aromatic rings. The van der Waals surface area contributed by atoms with Crippen LogP contribution >= 0.6 is 11.3 Å². The van der Waals surface area contributed by atoms with Gasteiger partial charge in [-0.05, 0) is 32.0 Å². The lowest BCUT2D eigenvalue weighted by Crippen LogP contribution is -2.12. The molecule has 0 radical (unpaired) electrons. The van der Waals surface area contributed by atoms with E-state index in [0.29, 0.717) is 28.6 Å². The highest BCUT2D eigenvalue weighted by Crippen LogP contribution is 2.26. The van der Waals surface area contributed by atoms with Crippen molar-refractivity contribution >= 4 is 27.0 Å². The zero-order valence-electron chi connectivity index (χ0n) is 11.7. The number of ether oxygens (including phenoxy) is 1. The average molecular weight is 328 g/mol. The van der Waals surface area contributed by atoms with Gasteiger partial charge in [-0.25, -0.2) is 13.4 Å². The molecule has 0 aliphatic carbocycles. The largest absolute Gasteiger partial charge is 0.494 e. The summed E-state index contributed by atoms with van der Waals surface area (Å²) in [5, 5.41) is 10.0. The third kappa shape index (κ3) is 3.72. The maximum absolute atomic E-state index is 12.2. The Hall–Kier alpha value is -1.64. The average Bonchev–Trinajstić information content (AvgIpc) is 2.88. The molecule has 0 aliphatic rings. The molecule has 2 N–H and O–H groups in total. The predicted molar refractivity (Wildman–Crippen MR) is 81.2 cm³/mol. The van der Waals surface area contributed by atoms with Crippen LogP contribution in [0.5, 0.6) is 5.75 Å². The molecule has 2 rings (SSSR count). The van der Waals surface area contributed by atoms with E-state index in [1.807, 2.05) is 6.92 Å². The number of hydrogen-bond acceptors (Lipinski definition) is 6. The van der Waals surface area contributed by atoms with Crippen LogP contribution in [0.3, 0.4) is 0 Å². The van der Waals surface area contributed by atoms with Crippen molar-refractivity contribution in [1.29, 1.82) is 0 Å². The molecule has 0 fully saturated rings. The van der Waals surface area contributed by atoms with E-state index in [9.17, 15) is 13.5 Å². The number of thiazole rings is 1. The first kappa shape index (κ1) is 15.7. The van der Waals surface area contributed by atoms with Crippen LogP contribution in [0.2, 0.25) is 0 Å². The van der Waals surface area contributed by atoms with Crippen molar-refractivity contribution in [2.24, 2.45) is 0 Å². The molecule has 8 heteroatoms. The molecule has 1 aromatic carbocycles. The van der Waals surface area contributed by atoms with E-state index in [0.717, 1.165) is 11.3 Å². The van der Waals surface area contributed by atoms with Gasteiger partial charge >= 0.3 is 0 Å². The van der Waals surface area contributed by atoms with Crippen molar-refractivity contribution in [1.82, 2.24) is 4.98 Å². The number of aryl methyl sites for hydroxylation is 1. The Morgan fingerprint density at radius 3 is 2.76 bits per heavy atom. The van der Waals surface area contributed by atoms with Gasteiger partial charge < -0.3 is 9.84 Å². The number of nitrogens with zero attached hydrogens (tertiary/aromatic N) is 1. The monoisotopic (exact) mass is 328 g/mol. The fraction of sp³-hybridized carbons (Fsp3) is 0.308. The Labute approximate surface area is 127 Å². The number of nitrogens with one attached hydrogen (secondary N) is 1. The summed E-state index contributed by atoms with van der Waals surface area (Å²) in [4.78, 5) is 3.94. The second-order valence-corrected chi connectivity index (χ2v) is 7.36. The smallest absolute Gasteiger partial charge is 0.273 e. The van der Waals surface area contributed by atoms with Gasteiger partial charge in [-0.1, -0.05) is 0 Å². The van der Waals surface area contributed by atoms with Crippen molar-refractivity contribution in [2.45, 2.75) is 24.7 Å². The lowest BCUT2D eigenvalue weighted by atomic mass is 10.2. The van der Waals surface area contributed by atoms with E-state index in [1.54, 1.807) is 25.1 Å². The Balaban J connectivity index is 2.27. The van der Waals surface area contributed by atoms with Crippen molar-refractivity contribution in [3.63, 3.8) is 0 Å². The third-order valence-corrected chi connectivity index (χ3v) is 5.40. The number of rotatable bonds is 6. The number of sulfonamides is 1. The highest BCUT2D eigenvalue weighted by atomic mass is 32.2. The Kier molecular flexibility index (Phi) is 4.81. The van der Waals surface area contributed by atoms with E-state index in [2.05, 4.69) is 9.71 Å². The SMILES string of the molecule is CCOc1ccc(NS(=O)(=O)c2cnc(C)s2)cc1CO. The van der Waals surface area contributed by atoms with E-state index >= 15 is 0 Å². The molecule has 1 aromatic heterocycles. The van der Waals surface area contributed by atoms with Crippen LogP contribution in [0.1, 0.15) is 17.5 Å². The van der Waals surface area contributed by atoms with Crippen LogP contribution in [0.4, 0.5) is 5.69 Å². The molecule has 114 valence electrons. The Morgan fingerprint density at radius 2 is 2.19 bits per heavy atom. The van der Waals surface area contributed by atoms with Crippen molar-refractivity contribution in [3.05, 3.63) is 35.0 Å². The fourth-order valence-corrected chi connectivity index (χ4v) is 3.89. The summed E-state index contributed by atoms with van der Waals surface area (Å²) in [6, 6.07) is 4.77. The van der Waals surface area contributed by atoms with Crippen molar-refractivity contribution < 1.29 is 18.3 Å². The molecule has 21 heavy (non-hydrogen) atoms. The van der Waals surface area contributed by atoms with E-state index in [-0.39, 0.29) is 10.8 Å². The summed E-state index contributed by atoms with van der Waals surface area (Å²) in [5.41, 5.74) is 0.895. The molecule has 0 bridgehead atoms. The first-order valence-corrected chi connectivity index (χ1v) is 8.58. The molecule has 6 nitrogen and oxygen atoms in total. The van der Waals surface area contributed by atoms with Gasteiger partial charge in [-0.2, -0.15) is 0 Å². The predicted octanol–water partition coefficient (Wildman–Crippen LogP) is 2.14. The van der Waals surface area contributed by atoms with Crippen LogP contribution in [0.25, 0.3) is 0 Å². The maximum atomic E-state index is 12.2. The second-order valence-electron chi connectivity index (χ2n) is 4.22. The molecule has 0 saturated carbocycles. The molecule has 0 aliphatic heterocycles. The highest BCUT2D eigenvalue weighted by Gasteiger charge is 2.17. The lowest BCUT2D eigenvalue weighted by Gasteiger charge is -2.11. The fourth-order valence-electron chi connectivity index (χ4n) is 1.73. The quantitative estimate of drug-likeness (QED) is 0.848. The number of aliphatic hydroxyl groups is 1. The summed E-state index contributed by atoms with van der Waals surface area (Å²) in [6.45, 7) is 3.82. The summed E-state index contributed by atoms with van der Waals surface area (Å²) in [7, 11) is -3.66. The Bertz CT molecular complexity index is 726. The van der Waals surface area contributed by atoms with E-state index < -0.39 is 10.0 Å². The number of benzene rings is 1. The number of aromatic nitrogens is 1. The Morgan fingerprint density at radius 1 is 1.43 bits per heavy atom. The van der Waals surface area contributed by atoms with Gasteiger partial charge in [0.25, 0.3) is 10.0 Å². The van der Waals surface area contributed by atoms with E-state index in [1.165, 1.54) is 6.20 Å².